The summed E-state index contributed by atoms with van der Waals surface area (Å²) in [5.41, 5.74) is 2.31. The van der Waals surface area contributed by atoms with Crippen molar-refractivity contribution in [2.75, 3.05) is 26.7 Å². The second kappa shape index (κ2) is 8.15. The van der Waals surface area contributed by atoms with Gasteiger partial charge in [0.25, 0.3) is 0 Å². The highest BCUT2D eigenvalue weighted by molar-refractivity contribution is 5.96. The predicted octanol–water partition coefficient (Wildman–Crippen LogP) is 3.69. The highest BCUT2D eigenvalue weighted by atomic mass is 16.6. The second-order valence-corrected chi connectivity index (χ2v) is 9.29. The summed E-state index contributed by atoms with van der Waals surface area (Å²) in [5, 5.41) is 11.7. The molecule has 5 nitrogen and oxygen atoms in total. The van der Waals surface area contributed by atoms with Gasteiger partial charge in [-0.3, -0.25) is 4.98 Å². The molecular weight excluding hydrogens is 400 g/mol. The smallest absolute Gasteiger partial charge is 0.348 e. The van der Waals surface area contributed by atoms with E-state index in [2.05, 4.69) is 18.1 Å². The summed E-state index contributed by atoms with van der Waals surface area (Å²) in [4.78, 5) is 17.9. The molecule has 1 saturated heterocycles. The fourth-order valence-corrected chi connectivity index (χ4v) is 5.27. The van der Waals surface area contributed by atoms with Crippen LogP contribution in [-0.2, 0) is 21.6 Å². The highest BCUT2D eigenvalue weighted by Crippen LogP contribution is 2.48. The van der Waals surface area contributed by atoms with Gasteiger partial charge in [0.2, 0.25) is 5.60 Å². The maximum Gasteiger partial charge on any atom is 0.348 e. The monoisotopic (exact) mass is 429 g/mol. The van der Waals surface area contributed by atoms with Crippen LogP contribution in [0.3, 0.4) is 0 Å². The Balaban J connectivity index is 1.34. The zero-order valence-electron chi connectivity index (χ0n) is 18.4. The van der Waals surface area contributed by atoms with E-state index in [1.165, 1.54) is 0 Å². The van der Waals surface area contributed by atoms with Crippen LogP contribution >= 0.6 is 0 Å². The van der Waals surface area contributed by atoms with E-state index in [0.29, 0.717) is 11.1 Å². The number of likely N-dealkylation sites (tertiary alicyclic amines) is 1. The van der Waals surface area contributed by atoms with Gasteiger partial charge in [-0.15, -0.1) is 0 Å². The molecule has 2 heterocycles. The van der Waals surface area contributed by atoms with Crippen molar-refractivity contribution in [3.05, 3.63) is 89.7 Å². The Morgan fingerprint density at radius 1 is 1.06 bits per heavy atom. The third-order valence-corrected chi connectivity index (χ3v) is 7.00. The first-order valence-electron chi connectivity index (χ1n) is 11.4. The van der Waals surface area contributed by atoms with Crippen LogP contribution in [0.5, 0.6) is 0 Å². The number of carbonyl (C=O) groups is 1. The lowest BCUT2D eigenvalue weighted by Crippen LogP contribution is -2.55. The summed E-state index contributed by atoms with van der Waals surface area (Å²) < 4.78 is 6.85. The summed E-state index contributed by atoms with van der Waals surface area (Å²) in [5.74, 6) is -0.571. The molecule has 1 fully saturated rings. The number of quaternary nitrogens is 1. The fraction of sp³-hybridized carbons (Fsp3) is 0.333. The number of likely N-dealkylation sites (N-methyl/N-ethyl adjacent to an activating group) is 1. The van der Waals surface area contributed by atoms with E-state index >= 15 is 0 Å². The SMILES string of the molecule is C[N+]1(CCc2ccccn2)CCC[C@@H](OC(=O)C2(O)c3ccccc3-c3ccccc32)C1. The maximum atomic E-state index is 13.5. The zero-order valence-corrected chi connectivity index (χ0v) is 18.4. The van der Waals surface area contributed by atoms with E-state index in [9.17, 15) is 9.90 Å². The number of hydrogen-bond donors (Lipinski definition) is 1. The molecule has 5 heteroatoms. The van der Waals surface area contributed by atoms with Crippen molar-refractivity contribution in [3.63, 3.8) is 0 Å². The molecule has 1 aromatic heterocycles. The quantitative estimate of drug-likeness (QED) is 0.496. The second-order valence-electron chi connectivity index (χ2n) is 9.29. The van der Waals surface area contributed by atoms with Gasteiger partial charge in [0, 0.05) is 35.9 Å². The van der Waals surface area contributed by atoms with Crippen LogP contribution in [0, 0.1) is 0 Å². The standard InChI is InChI=1S/C27H29N2O3/c1-29(18-15-20-9-6-7-16-28-20)17-8-10-21(19-29)32-26(30)27(31)24-13-4-2-11-22(24)23-12-3-5-14-25(23)27/h2-7,9,11-14,16,21,31H,8,10,15,17-19H2,1H3/q+1/t21-,29?/m1/s1. The third-order valence-electron chi connectivity index (χ3n) is 7.00. The minimum Gasteiger partial charge on any atom is -0.454 e. The van der Waals surface area contributed by atoms with Gasteiger partial charge in [-0.2, -0.15) is 0 Å². The van der Waals surface area contributed by atoms with Crippen molar-refractivity contribution in [2.24, 2.45) is 0 Å². The summed E-state index contributed by atoms with van der Waals surface area (Å²) in [6.45, 7) is 2.75. The molecular formula is C27H29N2O3+. The van der Waals surface area contributed by atoms with E-state index in [1.54, 1.807) is 0 Å². The number of benzene rings is 2. The number of esters is 1. The number of fused-ring (bicyclic) bond motifs is 3. The summed E-state index contributed by atoms with van der Waals surface area (Å²) in [6, 6.07) is 21.1. The van der Waals surface area contributed by atoms with Crippen molar-refractivity contribution >= 4 is 5.97 Å². The Bertz CT molecular complexity index is 1090. The molecule has 2 aliphatic rings. The molecule has 1 unspecified atom stereocenters. The van der Waals surface area contributed by atoms with Crippen molar-refractivity contribution in [2.45, 2.75) is 31.0 Å². The molecule has 1 aliphatic carbocycles. The number of piperidine rings is 1. The van der Waals surface area contributed by atoms with Gasteiger partial charge in [-0.1, -0.05) is 54.6 Å². The van der Waals surface area contributed by atoms with Gasteiger partial charge in [0.15, 0.2) is 6.10 Å². The Morgan fingerprint density at radius 2 is 1.72 bits per heavy atom. The van der Waals surface area contributed by atoms with Crippen molar-refractivity contribution < 1.29 is 19.1 Å². The largest absolute Gasteiger partial charge is 0.454 e. The maximum absolute atomic E-state index is 13.5. The number of aromatic nitrogens is 1. The lowest BCUT2D eigenvalue weighted by Gasteiger charge is -2.41. The summed E-state index contributed by atoms with van der Waals surface area (Å²) in [6.07, 6.45) is 4.32. The van der Waals surface area contributed by atoms with Gasteiger partial charge in [0.05, 0.1) is 20.1 Å². The lowest BCUT2D eigenvalue weighted by atomic mass is 9.91. The number of nitrogens with zero attached hydrogens (tertiary/aromatic N) is 2. The summed E-state index contributed by atoms with van der Waals surface area (Å²) >= 11 is 0. The van der Waals surface area contributed by atoms with Crippen molar-refractivity contribution in [1.82, 2.24) is 4.98 Å². The molecule has 32 heavy (non-hydrogen) atoms. The highest BCUT2D eigenvalue weighted by Gasteiger charge is 2.50. The average molecular weight is 430 g/mol. The fourth-order valence-electron chi connectivity index (χ4n) is 5.27. The molecule has 2 aromatic carbocycles. The molecule has 5 rings (SSSR count). The Hall–Kier alpha value is -3.02. The number of carbonyl (C=O) groups excluding carboxylic acids is 1. The third kappa shape index (κ3) is 3.61. The molecule has 0 saturated carbocycles. The molecule has 1 aliphatic heterocycles. The van der Waals surface area contributed by atoms with Crippen LogP contribution in [-0.4, -0.2) is 53.3 Å². The van der Waals surface area contributed by atoms with Gasteiger partial charge < -0.3 is 14.3 Å². The number of rotatable bonds is 5. The van der Waals surface area contributed by atoms with E-state index in [-0.39, 0.29) is 6.10 Å². The van der Waals surface area contributed by atoms with E-state index in [4.69, 9.17) is 4.74 Å². The number of hydrogen-bond acceptors (Lipinski definition) is 4. The number of aliphatic hydroxyl groups is 1. The van der Waals surface area contributed by atoms with E-state index in [0.717, 1.165) is 60.2 Å². The molecule has 0 amide bonds. The van der Waals surface area contributed by atoms with Crippen LogP contribution in [0.1, 0.15) is 29.7 Å². The van der Waals surface area contributed by atoms with Crippen LogP contribution in [0.2, 0.25) is 0 Å². The molecule has 0 bridgehead atoms. The molecule has 164 valence electrons. The Labute approximate surface area is 188 Å². The first kappa shape index (κ1) is 20.9. The first-order valence-corrected chi connectivity index (χ1v) is 11.4. The van der Waals surface area contributed by atoms with Crippen LogP contribution < -0.4 is 0 Å². The molecule has 0 spiro atoms. The topological polar surface area (TPSA) is 59.4 Å². The zero-order chi connectivity index (χ0) is 22.2. The molecule has 1 N–H and O–H groups in total. The van der Waals surface area contributed by atoms with Crippen molar-refractivity contribution in [1.29, 1.82) is 0 Å². The first-order chi connectivity index (χ1) is 15.5. The predicted molar refractivity (Wildman–Crippen MR) is 123 cm³/mol. The molecule has 2 atom stereocenters. The molecule has 0 radical (unpaired) electrons. The van der Waals surface area contributed by atoms with Gasteiger partial charge in [0.1, 0.15) is 6.54 Å². The number of ether oxygens (including phenoxy) is 1. The van der Waals surface area contributed by atoms with Crippen LogP contribution in [0.25, 0.3) is 11.1 Å². The number of pyridine rings is 1. The van der Waals surface area contributed by atoms with Crippen LogP contribution in [0.4, 0.5) is 0 Å². The van der Waals surface area contributed by atoms with Crippen molar-refractivity contribution in [3.8, 4) is 11.1 Å². The Morgan fingerprint density at radius 3 is 2.38 bits per heavy atom. The van der Waals surface area contributed by atoms with Gasteiger partial charge in [-0.05, 0) is 29.7 Å². The minimum absolute atomic E-state index is 0.214. The van der Waals surface area contributed by atoms with Gasteiger partial charge in [-0.25, -0.2) is 4.79 Å². The van der Waals surface area contributed by atoms with Crippen LogP contribution in [0.15, 0.2) is 72.9 Å². The van der Waals surface area contributed by atoms with Gasteiger partial charge >= 0.3 is 5.97 Å². The van der Waals surface area contributed by atoms with E-state index < -0.39 is 11.6 Å². The Kier molecular flexibility index (Phi) is 5.31. The molecule has 3 aromatic rings. The van der Waals surface area contributed by atoms with E-state index in [1.807, 2.05) is 66.9 Å². The minimum atomic E-state index is -1.76. The summed E-state index contributed by atoms with van der Waals surface area (Å²) in [7, 11) is 2.22. The normalized spacial score (nSPS) is 23.2. The lowest BCUT2D eigenvalue weighted by molar-refractivity contribution is -0.916. The average Bonchev–Trinajstić information content (AvgIpc) is 3.09.